The van der Waals surface area contributed by atoms with E-state index in [1.807, 2.05) is 13.8 Å². The van der Waals surface area contributed by atoms with Gasteiger partial charge >= 0.3 is 0 Å². The van der Waals surface area contributed by atoms with Crippen molar-refractivity contribution < 1.29 is 9.53 Å². The molecule has 0 spiro atoms. The summed E-state index contributed by atoms with van der Waals surface area (Å²) in [5, 5.41) is 1.50. The van der Waals surface area contributed by atoms with E-state index in [1.54, 1.807) is 0 Å². The molecule has 0 saturated carbocycles. The minimum absolute atomic E-state index is 0.173. The van der Waals surface area contributed by atoms with Gasteiger partial charge in [0.15, 0.2) is 0 Å². The normalized spacial score (nSPS) is 19.7. The van der Waals surface area contributed by atoms with Gasteiger partial charge < -0.3 is 4.74 Å². The zero-order valence-electron chi connectivity index (χ0n) is 11.3. The van der Waals surface area contributed by atoms with E-state index in [9.17, 15) is 4.79 Å². The molecular formula is C14H23BrO2S. The Morgan fingerprint density at radius 2 is 1.78 bits per heavy atom. The summed E-state index contributed by atoms with van der Waals surface area (Å²) in [5.74, 6) is 0.907. The Kier molecular flexibility index (Phi) is 8.07. The smallest absolute Gasteiger partial charge is 0.219 e. The Bertz CT molecular complexity index is 302. The van der Waals surface area contributed by atoms with E-state index in [2.05, 4.69) is 15.9 Å². The van der Waals surface area contributed by atoms with Gasteiger partial charge in [-0.25, -0.2) is 0 Å². The van der Waals surface area contributed by atoms with Crippen molar-refractivity contribution in [2.75, 3.05) is 11.9 Å². The Labute approximate surface area is 123 Å². The van der Waals surface area contributed by atoms with Crippen LogP contribution in [0.3, 0.4) is 0 Å². The number of carbonyl (C=O) groups excluding carboxylic acids is 1. The van der Waals surface area contributed by atoms with E-state index in [0.29, 0.717) is 0 Å². The summed E-state index contributed by atoms with van der Waals surface area (Å²) >= 11 is 4.81. The predicted octanol–water partition coefficient (Wildman–Crippen LogP) is 4.67. The van der Waals surface area contributed by atoms with Crippen molar-refractivity contribution in [3.8, 4) is 0 Å². The number of rotatable bonds is 9. The van der Waals surface area contributed by atoms with Crippen LogP contribution in [0.25, 0.3) is 0 Å². The lowest BCUT2D eigenvalue weighted by atomic mass is 10.1. The lowest BCUT2D eigenvalue weighted by Gasteiger charge is -2.11. The number of unbranched alkanes of at least 4 members (excludes halogenated alkanes) is 5. The zero-order valence-corrected chi connectivity index (χ0v) is 13.7. The van der Waals surface area contributed by atoms with Gasteiger partial charge in [-0.15, -0.1) is 0 Å². The standard InChI is InChI=1S/C14H23BrO2S/c1-11-13(12(2)18-14(11)16)17-10-8-6-4-3-5-7-9-15/h12H,3-10H2,1-2H3. The Hall–Kier alpha value is 0.0400. The molecule has 0 bridgehead atoms. The Morgan fingerprint density at radius 1 is 1.17 bits per heavy atom. The van der Waals surface area contributed by atoms with Crippen LogP contribution in [0.15, 0.2) is 11.3 Å². The summed E-state index contributed by atoms with van der Waals surface area (Å²) in [6.07, 6.45) is 7.52. The van der Waals surface area contributed by atoms with Crippen LogP contribution >= 0.6 is 27.7 Å². The third-order valence-corrected chi connectivity index (χ3v) is 4.76. The third kappa shape index (κ3) is 5.35. The molecule has 2 nitrogen and oxygen atoms in total. The molecule has 4 heteroatoms. The van der Waals surface area contributed by atoms with E-state index in [4.69, 9.17) is 4.74 Å². The van der Waals surface area contributed by atoms with Crippen molar-refractivity contribution >= 4 is 32.8 Å². The number of carbonyl (C=O) groups is 1. The first kappa shape index (κ1) is 16.1. The molecule has 1 unspecified atom stereocenters. The molecule has 0 aromatic rings. The van der Waals surface area contributed by atoms with Gasteiger partial charge in [-0.3, -0.25) is 4.79 Å². The van der Waals surface area contributed by atoms with E-state index in [-0.39, 0.29) is 10.4 Å². The highest BCUT2D eigenvalue weighted by molar-refractivity contribution is 9.09. The summed E-state index contributed by atoms with van der Waals surface area (Å²) in [4.78, 5) is 11.5. The van der Waals surface area contributed by atoms with E-state index in [1.165, 1.54) is 43.9 Å². The molecular weight excluding hydrogens is 312 g/mol. The van der Waals surface area contributed by atoms with Crippen LogP contribution in [0.5, 0.6) is 0 Å². The lowest BCUT2D eigenvalue weighted by Crippen LogP contribution is -2.03. The SMILES string of the molecule is CC1=C(OCCCCCCCCBr)C(C)SC1=O. The predicted molar refractivity (Wildman–Crippen MR) is 82.2 cm³/mol. The van der Waals surface area contributed by atoms with E-state index >= 15 is 0 Å². The lowest BCUT2D eigenvalue weighted by molar-refractivity contribution is -0.107. The molecule has 0 fully saturated rings. The van der Waals surface area contributed by atoms with Crippen LogP contribution < -0.4 is 0 Å². The van der Waals surface area contributed by atoms with E-state index < -0.39 is 0 Å². The largest absolute Gasteiger partial charge is 0.496 e. The highest BCUT2D eigenvalue weighted by atomic mass is 79.9. The van der Waals surface area contributed by atoms with Gasteiger partial charge in [0.25, 0.3) is 0 Å². The van der Waals surface area contributed by atoms with Crippen LogP contribution in [0.4, 0.5) is 0 Å². The maximum Gasteiger partial charge on any atom is 0.219 e. The molecule has 0 aromatic carbocycles. The fourth-order valence-corrected chi connectivity index (χ4v) is 3.37. The van der Waals surface area contributed by atoms with Crippen LogP contribution in [0.2, 0.25) is 0 Å². The molecule has 18 heavy (non-hydrogen) atoms. The van der Waals surface area contributed by atoms with Gasteiger partial charge in [-0.2, -0.15) is 0 Å². The number of hydrogen-bond donors (Lipinski definition) is 0. The molecule has 0 saturated heterocycles. The Balaban J connectivity index is 2.06. The Morgan fingerprint density at radius 3 is 2.33 bits per heavy atom. The van der Waals surface area contributed by atoms with Gasteiger partial charge in [0.2, 0.25) is 5.12 Å². The van der Waals surface area contributed by atoms with Gasteiger partial charge in [0.1, 0.15) is 5.76 Å². The molecule has 104 valence electrons. The van der Waals surface area contributed by atoms with Crippen LogP contribution in [0, 0.1) is 0 Å². The zero-order chi connectivity index (χ0) is 13.4. The van der Waals surface area contributed by atoms with Gasteiger partial charge in [-0.1, -0.05) is 53.4 Å². The van der Waals surface area contributed by atoms with Crippen molar-refractivity contribution in [2.45, 2.75) is 57.6 Å². The summed E-state index contributed by atoms with van der Waals surface area (Å²) in [5.41, 5.74) is 0.810. The van der Waals surface area contributed by atoms with Crippen molar-refractivity contribution in [1.29, 1.82) is 0 Å². The first-order valence-electron chi connectivity index (χ1n) is 6.77. The quantitative estimate of drug-likeness (QED) is 0.452. The fourth-order valence-electron chi connectivity index (χ4n) is 2.02. The second-order valence-electron chi connectivity index (χ2n) is 4.70. The summed E-state index contributed by atoms with van der Waals surface area (Å²) in [7, 11) is 0. The molecule has 1 heterocycles. The molecule has 0 aliphatic carbocycles. The topological polar surface area (TPSA) is 26.3 Å². The third-order valence-electron chi connectivity index (χ3n) is 3.11. The van der Waals surface area contributed by atoms with Gasteiger partial charge in [-0.05, 0) is 26.7 Å². The number of thioether (sulfide) groups is 1. The summed E-state index contributed by atoms with van der Waals surface area (Å²) in [6.45, 7) is 4.66. The van der Waals surface area contributed by atoms with Crippen molar-refractivity contribution in [3.05, 3.63) is 11.3 Å². The number of halogens is 1. The maximum absolute atomic E-state index is 11.5. The maximum atomic E-state index is 11.5. The monoisotopic (exact) mass is 334 g/mol. The van der Waals surface area contributed by atoms with Gasteiger partial charge in [0, 0.05) is 10.9 Å². The van der Waals surface area contributed by atoms with E-state index in [0.717, 1.165) is 29.7 Å². The first-order chi connectivity index (χ1) is 8.66. The van der Waals surface area contributed by atoms with Crippen LogP contribution in [-0.4, -0.2) is 22.3 Å². The molecule has 0 amide bonds. The molecule has 1 atom stereocenters. The van der Waals surface area contributed by atoms with Crippen molar-refractivity contribution in [2.24, 2.45) is 0 Å². The fraction of sp³-hybridized carbons (Fsp3) is 0.786. The molecule has 0 aromatic heterocycles. The molecule has 0 N–H and O–H groups in total. The van der Waals surface area contributed by atoms with Crippen molar-refractivity contribution in [1.82, 2.24) is 0 Å². The average molecular weight is 335 g/mol. The number of alkyl halides is 1. The van der Waals surface area contributed by atoms with Crippen LogP contribution in [-0.2, 0) is 9.53 Å². The second-order valence-corrected chi connectivity index (χ2v) is 6.80. The van der Waals surface area contributed by atoms with Crippen LogP contribution in [0.1, 0.15) is 52.4 Å². The summed E-state index contributed by atoms with van der Waals surface area (Å²) in [6, 6.07) is 0. The molecule has 1 rings (SSSR count). The minimum atomic E-state index is 0.173. The van der Waals surface area contributed by atoms with Crippen molar-refractivity contribution in [3.63, 3.8) is 0 Å². The summed E-state index contributed by atoms with van der Waals surface area (Å²) < 4.78 is 5.76. The highest BCUT2D eigenvalue weighted by Crippen LogP contribution is 2.33. The second kappa shape index (κ2) is 9.03. The number of ether oxygens (including phenoxy) is 1. The molecule has 0 radical (unpaired) electrons. The first-order valence-corrected chi connectivity index (χ1v) is 8.77. The minimum Gasteiger partial charge on any atom is -0.496 e. The van der Waals surface area contributed by atoms with Gasteiger partial charge in [0.05, 0.1) is 11.9 Å². The number of hydrogen-bond acceptors (Lipinski definition) is 3. The molecule has 1 aliphatic rings. The highest BCUT2D eigenvalue weighted by Gasteiger charge is 2.28. The molecule has 1 aliphatic heterocycles. The average Bonchev–Trinajstić information content (AvgIpc) is 2.58.